The van der Waals surface area contributed by atoms with Gasteiger partial charge in [0.15, 0.2) is 5.82 Å². The molecule has 0 unspecified atom stereocenters. The normalized spacial score (nSPS) is 13.9. The van der Waals surface area contributed by atoms with Crippen LogP contribution in [0.2, 0.25) is 5.02 Å². The Balaban J connectivity index is 1.27. The van der Waals surface area contributed by atoms with Crippen molar-refractivity contribution >= 4 is 46.5 Å². The number of thioether (sulfide) groups is 1. The van der Waals surface area contributed by atoms with Crippen LogP contribution in [0.4, 0.5) is 21.6 Å². The third-order valence-electron chi connectivity index (χ3n) is 4.88. The summed E-state index contributed by atoms with van der Waals surface area (Å²) in [6.07, 6.45) is 0. The van der Waals surface area contributed by atoms with Gasteiger partial charge in [0.25, 0.3) is 0 Å². The van der Waals surface area contributed by atoms with Crippen LogP contribution in [0.5, 0.6) is 0 Å². The lowest BCUT2D eigenvalue weighted by atomic mass is 10.2. The number of carbonyl (C=O) groups excluding carboxylic acids is 1. The van der Waals surface area contributed by atoms with Crippen LogP contribution in [-0.2, 0) is 4.79 Å². The van der Waals surface area contributed by atoms with E-state index in [1.165, 1.54) is 23.9 Å². The number of anilines is 3. The molecule has 1 aromatic heterocycles. The van der Waals surface area contributed by atoms with E-state index in [0.29, 0.717) is 10.7 Å². The van der Waals surface area contributed by atoms with E-state index in [0.717, 1.165) is 42.7 Å². The van der Waals surface area contributed by atoms with Crippen LogP contribution < -0.4 is 15.1 Å². The molecule has 3 aromatic rings. The molecule has 0 atom stereocenters. The van der Waals surface area contributed by atoms with Gasteiger partial charge in [0.1, 0.15) is 10.8 Å². The minimum absolute atomic E-state index is 0.168. The summed E-state index contributed by atoms with van der Waals surface area (Å²) in [5.41, 5.74) is 1.49. The smallest absolute Gasteiger partial charge is 0.234 e. The summed E-state index contributed by atoms with van der Waals surface area (Å²) in [5, 5.41) is 12.6. The molecule has 0 saturated carbocycles. The zero-order chi connectivity index (χ0) is 21.6. The molecule has 0 radical (unpaired) electrons. The molecule has 0 aliphatic carbocycles. The molecule has 31 heavy (non-hydrogen) atoms. The molecule has 1 saturated heterocycles. The molecule has 1 fully saturated rings. The Hall–Kier alpha value is -2.84. The standard InChI is InChI=1S/C22H21ClFN5OS/c23-18-6-1-2-7-19(18)28-10-12-29(13-11-28)20-8-9-22(27-26-20)31-15-21(30)25-17-5-3-4-16(24)14-17/h1-9,14H,10-13,15H2,(H,25,30). The van der Waals surface area contributed by atoms with E-state index in [9.17, 15) is 9.18 Å². The van der Waals surface area contributed by atoms with Crippen molar-refractivity contribution in [3.05, 3.63) is 71.5 Å². The Kier molecular flexibility index (Phi) is 6.89. The monoisotopic (exact) mass is 457 g/mol. The van der Waals surface area contributed by atoms with Crippen molar-refractivity contribution in [2.75, 3.05) is 47.0 Å². The van der Waals surface area contributed by atoms with E-state index in [2.05, 4.69) is 25.3 Å². The molecule has 6 nitrogen and oxygen atoms in total. The van der Waals surface area contributed by atoms with Gasteiger partial charge in [0.2, 0.25) is 5.91 Å². The highest BCUT2D eigenvalue weighted by Crippen LogP contribution is 2.27. The maximum Gasteiger partial charge on any atom is 0.234 e. The Morgan fingerprint density at radius 1 is 1.00 bits per heavy atom. The van der Waals surface area contributed by atoms with E-state index >= 15 is 0 Å². The number of rotatable bonds is 6. The number of nitrogens with one attached hydrogen (secondary N) is 1. The van der Waals surface area contributed by atoms with Crippen molar-refractivity contribution in [1.82, 2.24) is 10.2 Å². The second-order valence-corrected chi connectivity index (χ2v) is 8.41. The first-order valence-corrected chi connectivity index (χ1v) is 11.2. The number of nitrogens with zero attached hydrogens (tertiary/aromatic N) is 4. The molecule has 1 aliphatic heterocycles. The van der Waals surface area contributed by atoms with Crippen molar-refractivity contribution in [2.45, 2.75) is 5.03 Å². The predicted molar refractivity (Wildman–Crippen MR) is 124 cm³/mol. The van der Waals surface area contributed by atoms with Crippen molar-refractivity contribution in [3.8, 4) is 0 Å². The lowest BCUT2D eigenvalue weighted by Crippen LogP contribution is -2.47. The van der Waals surface area contributed by atoms with Gasteiger partial charge in [0, 0.05) is 31.9 Å². The summed E-state index contributed by atoms with van der Waals surface area (Å²) in [6, 6.07) is 17.5. The molecular weight excluding hydrogens is 437 g/mol. The number of hydrogen-bond donors (Lipinski definition) is 1. The van der Waals surface area contributed by atoms with Gasteiger partial charge in [-0.2, -0.15) is 0 Å². The maximum atomic E-state index is 13.2. The molecular formula is C22H21ClFN5OS. The van der Waals surface area contributed by atoms with Gasteiger partial charge < -0.3 is 15.1 Å². The Bertz CT molecular complexity index is 1040. The summed E-state index contributed by atoms with van der Waals surface area (Å²) >= 11 is 7.59. The highest BCUT2D eigenvalue weighted by atomic mass is 35.5. The molecule has 1 N–H and O–H groups in total. The van der Waals surface area contributed by atoms with Gasteiger partial charge in [-0.15, -0.1) is 10.2 Å². The topological polar surface area (TPSA) is 61.4 Å². The molecule has 160 valence electrons. The number of hydrogen-bond acceptors (Lipinski definition) is 6. The second-order valence-electron chi connectivity index (χ2n) is 7.00. The van der Waals surface area contributed by atoms with Crippen molar-refractivity contribution in [3.63, 3.8) is 0 Å². The highest BCUT2D eigenvalue weighted by Gasteiger charge is 2.20. The van der Waals surface area contributed by atoms with Crippen LogP contribution in [0.1, 0.15) is 0 Å². The number of aromatic nitrogens is 2. The summed E-state index contributed by atoms with van der Waals surface area (Å²) in [5.74, 6) is 0.366. The van der Waals surface area contributed by atoms with Gasteiger partial charge in [-0.25, -0.2) is 4.39 Å². The number of piperazine rings is 1. The van der Waals surface area contributed by atoms with Crippen LogP contribution in [-0.4, -0.2) is 48.0 Å². The van der Waals surface area contributed by atoms with Gasteiger partial charge in [-0.1, -0.05) is 41.6 Å². The molecule has 0 spiro atoms. The predicted octanol–water partition coefficient (Wildman–Crippen LogP) is 4.33. The summed E-state index contributed by atoms with van der Waals surface area (Å²) in [7, 11) is 0. The lowest BCUT2D eigenvalue weighted by molar-refractivity contribution is -0.113. The first-order chi connectivity index (χ1) is 15.1. The van der Waals surface area contributed by atoms with Gasteiger partial charge in [-0.3, -0.25) is 4.79 Å². The molecule has 9 heteroatoms. The van der Waals surface area contributed by atoms with E-state index in [1.807, 2.05) is 36.4 Å². The quantitative estimate of drug-likeness (QED) is 0.556. The SMILES string of the molecule is O=C(CSc1ccc(N2CCN(c3ccccc3Cl)CC2)nn1)Nc1cccc(F)c1. The molecule has 2 aromatic carbocycles. The minimum atomic E-state index is -0.389. The van der Waals surface area contributed by atoms with E-state index in [-0.39, 0.29) is 17.5 Å². The fraction of sp³-hybridized carbons (Fsp3) is 0.227. The van der Waals surface area contributed by atoms with E-state index in [1.54, 1.807) is 12.1 Å². The number of carbonyl (C=O) groups is 1. The second kappa shape index (κ2) is 9.98. The number of para-hydroxylation sites is 1. The molecule has 0 bridgehead atoms. The highest BCUT2D eigenvalue weighted by molar-refractivity contribution is 7.99. The Morgan fingerprint density at radius 2 is 1.77 bits per heavy atom. The fourth-order valence-corrected chi connectivity index (χ4v) is 4.22. The number of amides is 1. The fourth-order valence-electron chi connectivity index (χ4n) is 3.35. The van der Waals surface area contributed by atoms with Gasteiger partial charge in [-0.05, 0) is 42.5 Å². The summed E-state index contributed by atoms with van der Waals surface area (Å²) in [4.78, 5) is 16.5. The summed E-state index contributed by atoms with van der Waals surface area (Å²) < 4.78 is 13.2. The average molecular weight is 458 g/mol. The maximum absolute atomic E-state index is 13.2. The Labute approximate surface area is 189 Å². The zero-order valence-corrected chi connectivity index (χ0v) is 18.2. The number of halogens is 2. The third-order valence-corrected chi connectivity index (χ3v) is 6.12. The summed E-state index contributed by atoms with van der Waals surface area (Å²) in [6.45, 7) is 3.34. The van der Waals surface area contributed by atoms with Crippen LogP contribution >= 0.6 is 23.4 Å². The first kappa shape index (κ1) is 21.4. The van der Waals surface area contributed by atoms with Crippen LogP contribution in [0.3, 0.4) is 0 Å². The van der Waals surface area contributed by atoms with Gasteiger partial charge >= 0.3 is 0 Å². The van der Waals surface area contributed by atoms with E-state index < -0.39 is 0 Å². The zero-order valence-electron chi connectivity index (χ0n) is 16.7. The van der Waals surface area contributed by atoms with Crippen molar-refractivity contribution < 1.29 is 9.18 Å². The lowest BCUT2D eigenvalue weighted by Gasteiger charge is -2.36. The van der Waals surface area contributed by atoms with Crippen molar-refractivity contribution in [2.24, 2.45) is 0 Å². The minimum Gasteiger partial charge on any atom is -0.367 e. The first-order valence-electron chi connectivity index (χ1n) is 9.85. The largest absolute Gasteiger partial charge is 0.367 e. The van der Waals surface area contributed by atoms with Crippen molar-refractivity contribution in [1.29, 1.82) is 0 Å². The van der Waals surface area contributed by atoms with E-state index in [4.69, 9.17) is 11.6 Å². The average Bonchev–Trinajstić information content (AvgIpc) is 2.79. The molecule has 4 rings (SSSR count). The molecule has 2 heterocycles. The molecule has 1 amide bonds. The van der Waals surface area contributed by atoms with Crippen LogP contribution in [0, 0.1) is 5.82 Å². The number of benzene rings is 2. The van der Waals surface area contributed by atoms with Crippen LogP contribution in [0.25, 0.3) is 0 Å². The van der Waals surface area contributed by atoms with Gasteiger partial charge in [0.05, 0.1) is 16.5 Å². The molecule has 1 aliphatic rings. The Morgan fingerprint density at radius 3 is 2.48 bits per heavy atom. The third kappa shape index (κ3) is 5.65. The van der Waals surface area contributed by atoms with Crippen LogP contribution in [0.15, 0.2) is 65.7 Å².